The molecule has 0 fully saturated rings. The fraction of sp³-hybridized carbons (Fsp3) is 0.333. The molecule has 1 aromatic heterocycles. The highest BCUT2D eigenvalue weighted by Gasteiger charge is 2.09. The minimum absolute atomic E-state index is 0.445. The summed E-state index contributed by atoms with van der Waals surface area (Å²) in [5.41, 5.74) is 2.09. The fourth-order valence-corrected chi connectivity index (χ4v) is 3.35. The molecule has 1 N–H and O–H groups in total. The second-order valence-electron chi connectivity index (χ2n) is 4.63. The van der Waals surface area contributed by atoms with Crippen molar-refractivity contribution in [2.24, 2.45) is 0 Å². The molecule has 0 aliphatic heterocycles. The van der Waals surface area contributed by atoms with Gasteiger partial charge < -0.3 is 10.0 Å². The summed E-state index contributed by atoms with van der Waals surface area (Å²) in [6.07, 6.45) is 0.615. The Labute approximate surface area is 126 Å². The van der Waals surface area contributed by atoms with Crippen LogP contribution >= 0.6 is 27.3 Å². The summed E-state index contributed by atoms with van der Waals surface area (Å²) in [7, 11) is 2.09. The zero-order chi connectivity index (χ0) is 13.8. The third-order valence-corrected chi connectivity index (χ3v) is 4.77. The summed E-state index contributed by atoms with van der Waals surface area (Å²) in [5.74, 6) is 0. The maximum Gasteiger partial charge on any atom is 0.0772 e. The van der Waals surface area contributed by atoms with Crippen LogP contribution in [0.2, 0.25) is 0 Å². The van der Waals surface area contributed by atoms with Crippen molar-refractivity contribution in [3.8, 4) is 0 Å². The van der Waals surface area contributed by atoms with Crippen LogP contribution in [0.15, 0.2) is 40.2 Å². The highest BCUT2D eigenvalue weighted by Crippen LogP contribution is 2.28. The van der Waals surface area contributed by atoms with Crippen LogP contribution in [0.5, 0.6) is 0 Å². The Kier molecular flexibility index (Phi) is 5.02. The summed E-state index contributed by atoms with van der Waals surface area (Å²) in [5, 5.41) is 11.7. The smallest absolute Gasteiger partial charge is 0.0772 e. The molecule has 0 saturated heterocycles. The van der Waals surface area contributed by atoms with Gasteiger partial charge in [0.05, 0.1) is 6.10 Å². The van der Waals surface area contributed by atoms with Crippen molar-refractivity contribution in [2.45, 2.75) is 19.4 Å². The van der Waals surface area contributed by atoms with Gasteiger partial charge in [0.25, 0.3) is 0 Å². The summed E-state index contributed by atoms with van der Waals surface area (Å²) in [6, 6.07) is 10.4. The summed E-state index contributed by atoms with van der Waals surface area (Å²) in [6.45, 7) is 2.77. The van der Waals surface area contributed by atoms with E-state index in [2.05, 4.69) is 57.5 Å². The van der Waals surface area contributed by atoms with Crippen molar-refractivity contribution in [3.63, 3.8) is 0 Å². The highest BCUT2D eigenvalue weighted by atomic mass is 79.9. The molecule has 0 spiro atoms. The quantitative estimate of drug-likeness (QED) is 0.880. The predicted molar refractivity (Wildman–Crippen MR) is 86.1 cm³/mol. The Balaban J connectivity index is 2.03. The van der Waals surface area contributed by atoms with E-state index in [1.807, 2.05) is 6.07 Å². The largest absolute Gasteiger partial charge is 0.389 e. The van der Waals surface area contributed by atoms with Crippen molar-refractivity contribution < 1.29 is 5.11 Å². The number of halogens is 1. The number of nitrogens with zero attached hydrogens (tertiary/aromatic N) is 1. The van der Waals surface area contributed by atoms with Gasteiger partial charge in [-0.1, -0.05) is 28.1 Å². The van der Waals surface area contributed by atoms with Gasteiger partial charge in [0.1, 0.15) is 0 Å². The zero-order valence-electron chi connectivity index (χ0n) is 11.1. The predicted octanol–water partition coefficient (Wildman–Crippen LogP) is 4.24. The van der Waals surface area contributed by atoms with Gasteiger partial charge in [-0.2, -0.15) is 0 Å². The van der Waals surface area contributed by atoms with Crippen molar-refractivity contribution in [3.05, 3.63) is 50.6 Å². The average Bonchev–Trinajstić information content (AvgIpc) is 2.88. The van der Waals surface area contributed by atoms with Crippen LogP contribution in [0, 0.1) is 0 Å². The number of aliphatic hydroxyl groups excluding tert-OH is 1. The lowest BCUT2D eigenvalue weighted by Gasteiger charge is -2.20. The third kappa shape index (κ3) is 3.81. The second kappa shape index (κ2) is 6.55. The molecule has 1 heterocycles. The van der Waals surface area contributed by atoms with Gasteiger partial charge >= 0.3 is 0 Å². The molecule has 0 radical (unpaired) electrons. The maximum absolute atomic E-state index is 9.62. The van der Waals surface area contributed by atoms with Crippen LogP contribution in [0.3, 0.4) is 0 Å². The first-order valence-corrected chi connectivity index (χ1v) is 7.96. The molecule has 2 nitrogen and oxygen atoms in total. The number of rotatable bonds is 5. The Bertz CT molecular complexity index is 525. The molecule has 2 rings (SSSR count). The summed E-state index contributed by atoms with van der Waals surface area (Å²) >= 11 is 5.32. The van der Waals surface area contributed by atoms with Crippen LogP contribution in [0.4, 0.5) is 5.69 Å². The molecule has 4 heteroatoms. The van der Waals surface area contributed by atoms with E-state index in [0.717, 1.165) is 28.7 Å². The van der Waals surface area contributed by atoms with Gasteiger partial charge in [-0.05, 0) is 42.5 Å². The van der Waals surface area contributed by atoms with Gasteiger partial charge in [0.15, 0.2) is 0 Å². The third-order valence-electron chi connectivity index (χ3n) is 3.15. The van der Waals surface area contributed by atoms with Gasteiger partial charge in [-0.3, -0.25) is 0 Å². The Morgan fingerprint density at radius 3 is 2.74 bits per heavy atom. The molecule has 0 bridgehead atoms. The molecular weight excluding hydrogens is 322 g/mol. The lowest BCUT2D eigenvalue weighted by atomic mass is 10.1. The zero-order valence-corrected chi connectivity index (χ0v) is 13.5. The maximum atomic E-state index is 9.62. The molecule has 2 aromatic rings. The standard InChI is InChI=1S/C15H18BrNOS/c1-11(18)14-6-5-12(10-15(14)16)17(2)8-7-13-4-3-9-19-13/h3-6,9-11,18H,7-8H2,1-2H3/t11-/m0/s1. The Hall–Kier alpha value is -0.840. The molecule has 0 unspecified atom stereocenters. The molecule has 0 aliphatic carbocycles. The number of hydrogen-bond acceptors (Lipinski definition) is 3. The topological polar surface area (TPSA) is 23.5 Å². The lowest BCUT2D eigenvalue weighted by molar-refractivity contribution is 0.198. The van der Waals surface area contributed by atoms with Gasteiger partial charge in [0.2, 0.25) is 0 Å². The van der Waals surface area contributed by atoms with Crippen molar-refractivity contribution in [2.75, 3.05) is 18.5 Å². The minimum atomic E-state index is -0.445. The van der Waals surface area contributed by atoms with Crippen LogP contribution in [-0.2, 0) is 6.42 Å². The Morgan fingerprint density at radius 1 is 1.37 bits per heavy atom. The van der Waals surface area contributed by atoms with Crippen LogP contribution in [0.1, 0.15) is 23.5 Å². The number of aliphatic hydroxyl groups is 1. The van der Waals surface area contributed by atoms with Gasteiger partial charge in [0, 0.05) is 28.6 Å². The first-order valence-electron chi connectivity index (χ1n) is 6.29. The van der Waals surface area contributed by atoms with E-state index in [0.29, 0.717) is 0 Å². The van der Waals surface area contributed by atoms with E-state index in [4.69, 9.17) is 0 Å². The number of hydrogen-bond donors (Lipinski definition) is 1. The monoisotopic (exact) mass is 339 g/mol. The van der Waals surface area contributed by atoms with E-state index in [9.17, 15) is 5.11 Å². The minimum Gasteiger partial charge on any atom is -0.389 e. The summed E-state index contributed by atoms with van der Waals surface area (Å²) in [4.78, 5) is 3.64. The molecule has 0 saturated carbocycles. The first-order chi connectivity index (χ1) is 9.08. The van der Waals surface area contributed by atoms with Crippen molar-refractivity contribution in [1.82, 2.24) is 0 Å². The van der Waals surface area contributed by atoms with Crippen LogP contribution < -0.4 is 4.90 Å². The number of thiophene rings is 1. The number of benzene rings is 1. The van der Waals surface area contributed by atoms with Crippen molar-refractivity contribution in [1.29, 1.82) is 0 Å². The SMILES string of the molecule is C[C@H](O)c1ccc(N(C)CCc2cccs2)cc1Br. The fourth-order valence-electron chi connectivity index (χ4n) is 1.95. The molecule has 0 aliphatic rings. The Morgan fingerprint density at radius 2 is 2.16 bits per heavy atom. The van der Waals surface area contributed by atoms with E-state index in [1.165, 1.54) is 4.88 Å². The first kappa shape index (κ1) is 14.6. The molecule has 19 heavy (non-hydrogen) atoms. The number of anilines is 1. The van der Waals surface area contributed by atoms with Gasteiger partial charge in [-0.15, -0.1) is 11.3 Å². The van der Waals surface area contributed by atoms with Crippen LogP contribution in [0.25, 0.3) is 0 Å². The van der Waals surface area contributed by atoms with E-state index in [1.54, 1.807) is 18.3 Å². The molecule has 1 atom stereocenters. The van der Waals surface area contributed by atoms with Crippen molar-refractivity contribution >= 4 is 33.0 Å². The average molecular weight is 340 g/mol. The number of likely N-dealkylation sites (N-methyl/N-ethyl adjacent to an activating group) is 1. The van der Waals surface area contributed by atoms with Crippen LogP contribution in [-0.4, -0.2) is 18.7 Å². The van der Waals surface area contributed by atoms with E-state index in [-0.39, 0.29) is 0 Å². The van der Waals surface area contributed by atoms with E-state index < -0.39 is 6.10 Å². The second-order valence-corrected chi connectivity index (χ2v) is 6.52. The van der Waals surface area contributed by atoms with E-state index >= 15 is 0 Å². The molecular formula is C15H18BrNOS. The highest BCUT2D eigenvalue weighted by molar-refractivity contribution is 9.10. The molecule has 102 valence electrons. The van der Waals surface area contributed by atoms with Gasteiger partial charge in [-0.25, -0.2) is 0 Å². The normalized spacial score (nSPS) is 12.4. The lowest BCUT2D eigenvalue weighted by Crippen LogP contribution is -2.20. The molecule has 0 amide bonds. The molecule has 1 aromatic carbocycles. The summed E-state index contributed by atoms with van der Waals surface area (Å²) < 4.78 is 0.961.